The minimum absolute atomic E-state index is 0.0336. The van der Waals surface area contributed by atoms with Crippen LogP contribution in [0.3, 0.4) is 0 Å². The highest BCUT2D eigenvalue weighted by Gasteiger charge is 2.24. The van der Waals surface area contributed by atoms with E-state index in [1.807, 2.05) is 6.92 Å². The molecule has 0 bridgehead atoms. The van der Waals surface area contributed by atoms with Gasteiger partial charge in [-0.05, 0) is 51.0 Å². The van der Waals surface area contributed by atoms with Crippen LogP contribution in [0, 0.1) is 0 Å². The van der Waals surface area contributed by atoms with Crippen LogP contribution in [0.2, 0.25) is 0 Å². The zero-order chi connectivity index (χ0) is 23.6. The van der Waals surface area contributed by atoms with Crippen molar-refractivity contribution in [2.75, 3.05) is 6.61 Å². The summed E-state index contributed by atoms with van der Waals surface area (Å²) in [6.07, 6.45) is 21.1. The molecule has 1 rings (SSSR count). The molecule has 0 spiro atoms. The lowest BCUT2D eigenvalue weighted by Gasteiger charge is -2.22. The van der Waals surface area contributed by atoms with E-state index in [-0.39, 0.29) is 11.5 Å². The number of hydrogen-bond acceptors (Lipinski definition) is 3. The first kappa shape index (κ1) is 28.7. The Morgan fingerprint density at radius 2 is 0.875 bits per heavy atom. The predicted molar refractivity (Wildman–Crippen MR) is 138 cm³/mol. The van der Waals surface area contributed by atoms with Gasteiger partial charge in [0.1, 0.15) is 0 Å². The van der Waals surface area contributed by atoms with Gasteiger partial charge in [-0.15, -0.1) is 0 Å². The van der Waals surface area contributed by atoms with Gasteiger partial charge >= 0.3 is 0 Å². The highest BCUT2D eigenvalue weighted by atomic mass is 16.5. The molecule has 2 N–H and O–H groups in total. The highest BCUT2D eigenvalue weighted by molar-refractivity contribution is 5.62. The van der Waals surface area contributed by atoms with E-state index in [2.05, 4.69) is 20.8 Å². The van der Waals surface area contributed by atoms with Gasteiger partial charge in [0.2, 0.25) is 5.75 Å². The van der Waals surface area contributed by atoms with Crippen LogP contribution in [-0.2, 0) is 19.3 Å². The molecule has 3 heteroatoms. The Balaban J connectivity index is 3.14. The minimum atomic E-state index is -0.0336. The van der Waals surface area contributed by atoms with Crippen molar-refractivity contribution >= 4 is 0 Å². The quantitative estimate of drug-likeness (QED) is 0.154. The van der Waals surface area contributed by atoms with E-state index in [4.69, 9.17) is 4.74 Å². The fraction of sp³-hybridized carbons (Fsp3) is 0.793. The number of hydrogen-bond donors (Lipinski definition) is 2. The summed E-state index contributed by atoms with van der Waals surface area (Å²) in [5.74, 6) is 0.578. The summed E-state index contributed by atoms with van der Waals surface area (Å²) in [6, 6.07) is 0. The Kier molecular flexibility index (Phi) is 16.2. The summed E-state index contributed by atoms with van der Waals surface area (Å²) in [6.45, 7) is 9.18. The largest absolute Gasteiger partial charge is 0.504 e. The van der Waals surface area contributed by atoms with E-state index in [0.29, 0.717) is 12.4 Å². The average Bonchev–Trinajstić information content (AvgIpc) is 2.79. The summed E-state index contributed by atoms with van der Waals surface area (Å²) in [5, 5.41) is 21.8. The van der Waals surface area contributed by atoms with Gasteiger partial charge in [-0.1, -0.05) is 97.8 Å². The minimum Gasteiger partial charge on any atom is -0.504 e. The maximum absolute atomic E-state index is 11.0. The third kappa shape index (κ3) is 10.0. The van der Waals surface area contributed by atoms with Gasteiger partial charge < -0.3 is 14.9 Å². The second kappa shape index (κ2) is 18.1. The monoisotopic (exact) mass is 448 g/mol. The first-order valence-electron chi connectivity index (χ1n) is 13.8. The first-order valence-corrected chi connectivity index (χ1v) is 13.8. The third-order valence-electron chi connectivity index (χ3n) is 6.61. The van der Waals surface area contributed by atoms with Gasteiger partial charge in [-0.25, -0.2) is 0 Å². The normalized spacial score (nSPS) is 11.2. The number of benzene rings is 1. The van der Waals surface area contributed by atoms with Crippen LogP contribution >= 0.6 is 0 Å². The van der Waals surface area contributed by atoms with Gasteiger partial charge in [0.25, 0.3) is 0 Å². The molecule has 3 nitrogen and oxygen atoms in total. The van der Waals surface area contributed by atoms with Gasteiger partial charge in [0.05, 0.1) is 6.61 Å². The van der Waals surface area contributed by atoms with Gasteiger partial charge in [-0.3, -0.25) is 0 Å². The lowest BCUT2D eigenvalue weighted by atomic mass is 9.88. The lowest BCUT2D eigenvalue weighted by Crippen LogP contribution is -2.07. The number of aromatic hydroxyl groups is 2. The molecule has 186 valence electrons. The first-order chi connectivity index (χ1) is 15.6. The zero-order valence-corrected chi connectivity index (χ0v) is 21.7. The van der Waals surface area contributed by atoms with Crippen molar-refractivity contribution in [3.8, 4) is 17.2 Å². The molecule has 0 saturated carbocycles. The standard InChI is InChI=1S/C29H52O3/c1-5-9-12-15-18-21-24-25(22-19-16-13-10-6-2)27(30)28(31)29(32-8-4)26(24)23-20-17-14-11-7-3/h30-31H,5-23H2,1-4H3. The molecule has 0 radical (unpaired) electrons. The van der Waals surface area contributed by atoms with Crippen LogP contribution in [0.5, 0.6) is 17.2 Å². The van der Waals surface area contributed by atoms with E-state index in [1.54, 1.807) is 0 Å². The third-order valence-corrected chi connectivity index (χ3v) is 6.61. The Hall–Kier alpha value is -1.38. The van der Waals surface area contributed by atoms with Crippen molar-refractivity contribution in [1.29, 1.82) is 0 Å². The van der Waals surface area contributed by atoms with E-state index in [1.165, 1.54) is 82.6 Å². The van der Waals surface area contributed by atoms with E-state index < -0.39 is 0 Å². The zero-order valence-electron chi connectivity index (χ0n) is 21.7. The molecule has 0 aliphatic carbocycles. The maximum Gasteiger partial charge on any atom is 0.201 e. The van der Waals surface area contributed by atoms with Gasteiger partial charge in [0.15, 0.2) is 11.5 Å². The SMILES string of the molecule is CCCCCCCc1c(O)c(O)c(OCC)c(CCCCCCC)c1CCCCCCC. The maximum atomic E-state index is 11.0. The number of unbranched alkanes of at least 4 members (excludes halogenated alkanes) is 12. The highest BCUT2D eigenvalue weighted by Crippen LogP contribution is 2.46. The van der Waals surface area contributed by atoms with Crippen molar-refractivity contribution in [2.45, 2.75) is 143 Å². The fourth-order valence-electron chi connectivity index (χ4n) is 4.71. The molecule has 0 heterocycles. The molecule has 0 aliphatic heterocycles. The van der Waals surface area contributed by atoms with E-state index >= 15 is 0 Å². The topological polar surface area (TPSA) is 49.7 Å². The molecule has 0 fully saturated rings. The van der Waals surface area contributed by atoms with E-state index in [0.717, 1.165) is 49.7 Å². The Morgan fingerprint density at radius 1 is 0.469 bits per heavy atom. The van der Waals surface area contributed by atoms with Crippen LogP contribution in [0.4, 0.5) is 0 Å². The predicted octanol–water partition coefficient (Wildman–Crippen LogP) is 9.04. The molecule has 0 atom stereocenters. The second-order valence-electron chi connectivity index (χ2n) is 9.39. The summed E-state index contributed by atoms with van der Waals surface area (Å²) in [7, 11) is 0. The van der Waals surface area contributed by atoms with Crippen molar-refractivity contribution in [3.05, 3.63) is 16.7 Å². The molecule has 0 aliphatic rings. The Morgan fingerprint density at radius 3 is 1.31 bits per heavy atom. The van der Waals surface area contributed by atoms with Crippen LogP contribution in [0.25, 0.3) is 0 Å². The van der Waals surface area contributed by atoms with Crippen molar-refractivity contribution in [1.82, 2.24) is 0 Å². The van der Waals surface area contributed by atoms with Crippen molar-refractivity contribution in [3.63, 3.8) is 0 Å². The van der Waals surface area contributed by atoms with Crippen LogP contribution in [0.15, 0.2) is 0 Å². The molecular formula is C29H52O3. The molecule has 0 amide bonds. The van der Waals surface area contributed by atoms with Crippen LogP contribution in [-0.4, -0.2) is 16.8 Å². The number of phenolic OH excluding ortho intramolecular Hbond substituents is 2. The molecule has 32 heavy (non-hydrogen) atoms. The van der Waals surface area contributed by atoms with Crippen LogP contribution in [0.1, 0.15) is 141 Å². The molecule has 0 aromatic heterocycles. The molecular weight excluding hydrogens is 396 g/mol. The molecule has 1 aromatic carbocycles. The summed E-state index contributed by atoms with van der Waals surface area (Å²) in [4.78, 5) is 0. The number of rotatable bonds is 20. The Labute approximate surface area is 199 Å². The summed E-state index contributed by atoms with van der Waals surface area (Å²) >= 11 is 0. The van der Waals surface area contributed by atoms with Gasteiger partial charge in [0, 0.05) is 11.1 Å². The summed E-state index contributed by atoms with van der Waals surface area (Å²) in [5.41, 5.74) is 3.42. The molecule has 0 saturated heterocycles. The average molecular weight is 449 g/mol. The Bertz CT molecular complexity index is 609. The van der Waals surface area contributed by atoms with Crippen LogP contribution < -0.4 is 4.74 Å². The van der Waals surface area contributed by atoms with E-state index in [9.17, 15) is 10.2 Å². The second-order valence-corrected chi connectivity index (χ2v) is 9.39. The van der Waals surface area contributed by atoms with Gasteiger partial charge in [-0.2, -0.15) is 0 Å². The van der Waals surface area contributed by atoms with Crippen molar-refractivity contribution in [2.24, 2.45) is 0 Å². The molecule has 0 unspecified atom stereocenters. The molecule has 1 aromatic rings. The smallest absolute Gasteiger partial charge is 0.201 e. The van der Waals surface area contributed by atoms with Crippen molar-refractivity contribution < 1.29 is 14.9 Å². The lowest BCUT2D eigenvalue weighted by molar-refractivity contribution is 0.303. The number of ether oxygens (including phenoxy) is 1. The fourth-order valence-corrected chi connectivity index (χ4v) is 4.71. The number of phenols is 2. The summed E-state index contributed by atoms with van der Waals surface area (Å²) < 4.78 is 5.91.